The van der Waals surface area contributed by atoms with Gasteiger partial charge in [-0.1, -0.05) is 30.3 Å². The number of ether oxygens (including phenoxy) is 2. The number of hydrogen-bond donors (Lipinski definition) is 1. The number of benzene rings is 2. The number of rotatable bonds is 2. The average molecular weight is 633 g/mol. The van der Waals surface area contributed by atoms with Crippen LogP contribution < -0.4 is 9.46 Å². The number of anilines is 1. The van der Waals surface area contributed by atoms with Gasteiger partial charge in [0.1, 0.15) is 5.60 Å². The molecular formula is C35H44N4O5S. The Labute approximate surface area is 266 Å². The summed E-state index contributed by atoms with van der Waals surface area (Å²) in [5.41, 5.74) is 4.30. The molecule has 1 saturated carbocycles. The molecule has 1 amide bonds. The van der Waals surface area contributed by atoms with Crippen molar-refractivity contribution in [3.05, 3.63) is 65.2 Å². The lowest BCUT2D eigenvalue weighted by Crippen LogP contribution is -2.50. The second kappa shape index (κ2) is 11.6. The van der Waals surface area contributed by atoms with Crippen molar-refractivity contribution < 1.29 is 22.7 Å². The Hall–Kier alpha value is -3.66. The number of carbonyl (C=O) groups excluding carboxylic acids is 1. The molecule has 6 rings (SSSR count). The lowest BCUT2D eigenvalue weighted by atomic mass is 9.53. The van der Waals surface area contributed by atoms with E-state index >= 15 is 0 Å². The third kappa shape index (κ3) is 6.66. The summed E-state index contributed by atoms with van der Waals surface area (Å²) in [4.78, 5) is 23.8. The summed E-state index contributed by atoms with van der Waals surface area (Å²) in [6, 6.07) is 15.1. The predicted molar refractivity (Wildman–Crippen MR) is 174 cm³/mol. The van der Waals surface area contributed by atoms with Crippen LogP contribution in [0.4, 0.5) is 10.7 Å². The van der Waals surface area contributed by atoms with Crippen molar-refractivity contribution in [1.29, 1.82) is 0 Å². The van der Waals surface area contributed by atoms with E-state index in [-0.39, 0.29) is 34.4 Å². The Balaban J connectivity index is 1.26. The first-order valence-electron chi connectivity index (χ1n) is 15.9. The van der Waals surface area contributed by atoms with Gasteiger partial charge in [-0.15, -0.1) is 0 Å². The molecule has 2 aromatic carbocycles. The quantitative estimate of drug-likeness (QED) is 0.317. The van der Waals surface area contributed by atoms with E-state index in [4.69, 9.17) is 9.47 Å². The summed E-state index contributed by atoms with van der Waals surface area (Å²) in [5.74, 6) is 0.821. The Morgan fingerprint density at radius 2 is 1.69 bits per heavy atom. The summed E-state index contributed by atoms with van der Waals surface area (Å²) in [6.45, 7) is 13.2. The molecule has 1 unspecified atom stereocenters. The molecule has 2 aliphatic heterocycles. The lowest BCUT2D eigenvalue weighted by molar-refractivity contribution is -0.0375. The van der Waals surface area contributed by atoms with E-state index in [1.807, 2.05) is 69.9 Å². The van der Waals surface area contributed by atoms with E-state index in [1.54, 1.807) is 18.2 Å². The number of nitrogens with one attached hydrogen (secondary N) is 1. The summed E-state index contributed by atoms with van der Waals surface area (Å²) in [5, 5.41) is 0. The van der Waals surface area contributed by atoms with E-state index in [9.17, 15) is 13.2 Å². The maximum absolute atomic E-state index is 13.6. The lowest BCUT2D eigenvalue weighted by Gasteiger charge is -2.54. The minimum absolute atomic E-state index is 0.0152. The Kier molecular flexibility index (Phi) is 8.08. The van der Waals surface area contributed by atoms with Crippen LogP contribution in [0.25, 0.3) is 11.3 Å². The molecular weight excluding hydrogens is 588 g/mol. The molecule has 1 spiro atoms. The number of aromatic nitrogens is 2. The van der Waals surface area contributed by atoms with Gasteiger partial charge in [0.05, 0.1) is 16.7 Å². The van der Waals surface area contributed by atoms with Crippen molar-refractivity contribution in [3.63, 3.8) is 0 Å². The molecule has 1 saturated heterocycles. The molecule has 3 heterocycles. The van der Waals surface area contributed by atoms with Crippen LogP contribution >= 0.6 is 0 Å². The molecule has 10 heteroatoms. The zero-order chi connectivity index (χ0) is 32.1. The van der Waals surface area contributed by atoms with Crippen LogP contribution in [0.3, 0.4) is 0 Å². The van der Waals surface area contributed by atoms with Gasteiger partial charge >= 0.3 is 6.09 Å². The summed E-state index contributed by atoms with van der Waals surface area (Å²) in [7, 11) is -3.95. The maximum Gasteiger partial charge on any atom is 0.410 e. The normalized spacial score (nSPS) is 23.9. The first-order chi connectivity index (χ1) is 21.2. The van der Waals surface area contributed by atoms with Gasteiger partial charge in [-0.05, 0) is 120 Å². The van der Waals surface area contributed by atoms with Crippen LogP contribution in [-0.4, -0.2) is 54.2 Å². The molecule has 1 aliphatic carbocycles. The van der Waals surface area contributed by atoms with Crippen molar-refractivity contribution in [1.82, 2.24) is 14.9 Å². The van der Waals surface area contributed by atoms with Gasteiger partial charge in [0.15, 0.2) is 0 Å². The van der Waals surface area contributed by atoms with E-state index in [2.05, 4.69) is 21.6 Å². The van der Waals surface area contributed by atoms with Crippen molar-refractivity contribution in [2.45, 2.75) is 96.2 Å². The van der Waals surface area contributed by atoms with Crippen molar-refractivity contribution in [3.8, 4) is 17.1 Å². The van der Waals surface area contributed by atoms with Gasteiger partial charge < -0.3 is 14.4 Å². The molecule has 4 bridgehead atoms. The highest BCUT2D eigenvalue weighted by Gasteiger charge is 2.49. The van der Waals surface area contributed by atoms with Gasteiger partial charge in [0.2, 0.25) is 11.8 Å². The third-order valence-corrected chi connectivity index (χ3v) is 10.9. The van der Waals surface area contributed by atoms with E-state index < -0.39 is 15.6 Å². The van der Waals surface area contributed by atoms with Gasteiger partial charge in [-0.3, -0.25) is 0 Å². The van der Waals surface area contributed by atoms with E-state index in [1.165, 1.54) is 0 Å². The van der Waals surface area contributed by atoms with Crippen molar-refractivity contribution in [2.24, 2.45) is 11.3 Å². The van der Waals surface area contributed by atoms with Crippen molar-refractivity contribution >= 4 is 22.1 Å². The topological polar surface area (TPSA) is 111 Å². The van der Waals surface area contributed by atoms with Gasteiger partial charge in [0.25, 0.3) is 10.0 Å². The number of aryl methyl sites for hydroxylation is 2. The fourth-order valence-corrected chi connectivity index (χ4v) is 8.42. The molecule has 45 heavy (non-hydrogen) atoms. The molecule has 240 valence electrons. The number of nitrogens with zero attached hydrogens (tertiary/aromatic N) is 3. The highest BCUT2D eigenvalue weighted by Crippen LogP contribution is 2.58. The molecule has 2 atom stereocenters. The molecule has 0 radical (unpaired) electrons. The summed E-state index contributed by atoms with van der Waals surface area (Å²) >= 11 is 0. The maximum atomic E-state index is 13.6. The van der Waals surface area contributed by atoms with Gasteiger partial charge in [-0.25, -0.2) is 22.9 Å². The first-order valence-corrected chi connectivity index (χ1v) is 17.4. The number of piperidine rings is 1. The number of amides is 1. The number of hydrogen-bond acceptors (Lipinski definition) is 7. The molecule has 1 aromatic heterocycles. The van der Waals surface area contributed by atoms with Gasteiger partial charge in [-0.2, -0.15) is 4.98 Å². The van der Waals surface area contributed by atoms with Crippen LogP contribution in [-0.2, 0) is 14.8 Å². The van der Waals surface area contributed by atoms with Crippen LogP contribution in [0.5, 0.6) is 5.88 Å². The highest BCUT2D eigenvalue weighted by atomic mass is 32.2. The molecule has 2 fully saturated rings. The first kappa shape index (κ1) is 31.3. The van der Waals surface area contributed by atoms with Crippen molar-refractivity contribution in [2.75, 3.05) is 17.8 Å². The predicted octanol–water partition coefficient (Wildman–Crippen LogP) is 7.24. The molecule has 3 aromatic rings. The van der Waals surface area contributed by atoms with Crippen LogP contribution in [0, 0.1) is 25.2 Å². The molecule has 9 nitrogen and oxygen atoms in total. The monoisotopic (exact) mass is 632 g/mol. The minimum Gasteiger partial charge on any atom is -0.474 e. The SMILES string of the molecule is Cc1cccc(C)c1-c1cc2nc(n1)NS(=O)(=O)c1cccc(c1)C(C1CC3(CCN(C(=O)OC(C)(C)C)CC3)C1)C[C@@H](C)O2. The number of sulfonamides is 1. The number of carbonyl (C=O) groups is 1. The third-order valence-electron chi connectivity index (χ3n) is 9.61. The second-order valence-corrected chi connectivity index (χ2v) is 15.9. The summed E-state index contributed by atoms with van der Waals surface area (Å²) in [6.07, 6.45) is 4.29. The highest BCUT2D eigenvalue weighted by molar-refractivity contribution is 7.92. The Bertz CT molecular complexity index is 1680. The number of fused-ring (bicyclic) bond motifs is 4. The van der Waals surface area contributed by atoms with Crippen LogP contribution in [0.15, 0.2) is 53.4 Å². The van der Waals surface area contributed by atoms with Gasteiger partial charge in [0, 0.05) is 24.7 Å². The van der Waals surface area contributed by atoms with Crippen LogP contribution in [0.2, 0.25) is 0 Å². The van der Waals surface area contributed by atoms with E-state index in [0.29, 0.717) is 30.6 Å². The Morgan fingerprint density at radius 1 is 1.02 bits per heavy atom. The zero-order valence-electron chi connectivity index (χ0n) is 27.1. The Morgan fingerprint density at radius 3 is 2.36 bits per heavy atom. The second-order valence-electron chi connectivity index (χ2n) is 14.3. The van der Waals surface area contributed by atoms with Crippen LogP contribution in [0.1, 0.15) is 82.4 Å². The smallest absolute Gasteiger partial charge is 0.410 e. The summed E-state index contributed by atoms with van der Waals surface area (Å²) < 4.78 is 41.9. The van der Waals surface area contributed by atoms with E-state index in [0.717, 1.165) is 54.4 Å². The fraction of sp³-hybridized carbons (Fsp3) is 0.514. The standard InChI is InChI=1S/C35H44N4O5S/c1-22-9-7-10-23(2)31(22)29-19-30-37-32(36-29)38-45(41,42)27-12-8-11-25(18-27)28(17-24(3)43-30)26-20-35(21-26)13-15-39(16-14-35)33(40)44-34(4,5)6/h7-12,18-19,24,26,28H,13-17,20-21H2,1-6H3,(H,36,37,38)/t24-,28?/m1/s1. The number of likely N-dealkylation sites (tertiary alicyclic amines) is 1. The average Bonchev–Trinajstić information content (AvgIpc) is 2.93. The largest absolute Gasteiger partial charge is 0.474 e. The fourth-order valence-electron chi connectivity index (χ4n) is 7.42. The zero-order valence-corrected chi connectivity index (χ0v) is 27.9. The molecule has 1 N–H and O–H groups in total. The molecule has 3 aliphatic rings. The minimum atomic E-state index is -3.95.